The zero-order valence-electron chi connectivity index (χ0n) is 14.3. The molecule has 0 atom stereocenters. The van der Waals surface area contributed by atoms with E-state index >= 15 is 0 Å². The lowest BCUT2D eigenvalue weighted by atomic mass is 10.1. The Morgan fingerprint density at radius 1 is 1.21 bits per heavy atom. The summed E-state index contributed by atoms with van der Waals surface area (Å²) in [6.07, 6.45) is 0. The van der Waals surface area contributed by atoms with E-state index in [1.54, 1.807) is 6.07 Å². The van der Waals surface area contributed by atoms with Crippen LogP contribution in [-0.4, -0.2) is 20.8 Å². The molecule has 124 valence electrons. The van der Waals surface area contributed by atoms with Gasteiger partial charge in [-0.3, -0.25) is 9.48 Å². The van der Waals surface area contributed by atoms with Crippen molar-refractivity contribution in [2.24, 2.45) is 7.05 Å². The lowest BCUT2D eigenvalue weighted by Gasteiger charge is -2.03. The number of nitrogens with one attached hydrogen (secondary N) is 1. The number of hydrogen-bond acceptors (Lipinski definition) is 4. The van der Waals surface area contributed by atoms with Crippen molar-refractivity contribution in [1.29, 1.82) is 0 Å². The Hall–Kier alpha value is -2.89. The van der Waals surface area contributed by atoms with Gasteiger partial charge in [-0.05, 0) is 20.8 Å². The third kappa shape index (κ3) is 3.08. The third-order valence-electron chi connectivity index (χ3n) is 4.16. The summed E-state index contributed by atoms with van der Waals surface area (Å²) in [6, 6.07) is 9.53. The zero-order chi connectivity index (χ0) is 17.3. The molecule has 0 radical (unpaired) electrons. The van der Waals surface area contributed by atoms with Crippen LogP contribution in [0.15, 0.2) is 34.9 Å². The average Bonchev–Trinajstić information content (AvgIpc) is 3.13. The first-order valence-electron chi connectivity index (χ1n) is 7.76. The maximum atomic E-state index is 12.3. The van der Waals surface area contributed by atoms with E-state index in [0.717, 1.165) is 22.5 Å². The largest absolute Gasteiger partial charge is 0.355 e. The molecule has 3 rings (SSSR count). The fourth-order valence-corrected chi connectivity index (χ4v) is 2.57. The smallest absolute Gasteiger partial charge is 0.273 e. The number of benzene rings is 1. The Morgan fingerprint density at radius 2 is 1.92 bits per heavy atom. The molecular weight excluding hydrogens is 304 g/mol. The topological polar surface area (TPSA) is 73.0 Å². The van der Waals surface area contributed by atoms with Crippen LogP contribution in [0.25, 0.3) is 11.3 Å². The van der Waals surface area contributed by atoms with Gasteiger partial charge >= 0.3 is 0 Å². The SMILES string of the molecule is Cc1ccc(-c2cc(C(=O)NCc3c(C)nn(C)c3C)no2)cc1. The summed E-state index contributed by atoms with van der Waals surface area (Å²) in [5.74, 6) is 0.314. The van der Waals surface area contributed by atoms with Gasteiger partial charge in [0.25, 0.3) is 5.91 Å². The number of carbonyl (C=O) groups is 1. The van der Waals surface area contributed by atoms with Gasteiger partial charge in [-0.15, -0.1) is 0 Å². The quantitative estimate of drug-likeness (QED) is 0.801. The fraction of sp³-hybridized carbons (Fsp3) is 0.278. The number of hydrogen-bond donors (Lipinski definition) is 1. The number of carbonyl (C=O) groups excluding carboxylic acids is 1. The van der Waals surface area contributed by atoms with Gasteiger partial charge < -0.3 is 9.84 Å². The summed E-state index contributed by atoms with van der Waals surface area (Å²) < 4.78 is 7.10. The molecule has 0 saturated heterocycles. The molecule has 0 aliphatic heterocycles. The predicted octanol–water partition coefficient (Wildman–Crippen LogP) is 2.93. The molecule has 0 bridgehead atoms. The summed E-state index contributed by atoms with van der Waals surface area (Å²) in [5, 5.41) is 11.1. The highest BCUT2D eigenvalue weighted by molar-refractivity contribution is 5.93. The molecule has 0 fully saturated rings. The highest BCUT2D eigenvalue weighted by atomic mass is 16.5. The molecule has 0 aliphatic rings. The van der Waals surface area contributed by atoms with Gasteiger partial charge in [0.05, 0.1) is 5.69 Å². The highest BCUT2D eigenvalue weighted by Crippen LogP contribution is 2.21. The first-order valence-corrected chi connectivity index (χ1v) is 7.76. The van der Waals surface area contributed by atoms with Crippen LogP contribution in [0.3, 0.4) is 0 Å². The monoisotopic (exact) mass is 324 g/mol. The van der Waals surface area contributed by atoms with Crippen LogP contribution >= 0.6 is 0 Å². The molecule has 1 amide bonds. The van der Waals surface area contributed by atoms with Crippen molar-refractivity contribution in [2.45, 2.75) is 27.3 Å². The summed E-state index contributed by atoms with van der Waals surface area (Å²) in [4.78, 5) is 12.3. The predicted molar refractivity (Wildman–Crippen MR) is 90.5 cm³/mol. The maximum Gasteiger partial charge on any atom is 0.273 e. The molecule has 6 nitrogen and oxygen atoms in total. The molecule has 0 unspecified atom stereocenters. The lowest BCUT2D eigenvalue weighted by molar-refractivity contribution is 0.0942. The van der Waals surface area contributed by atoms with Crippen LogP contribution in [0, 0.1) is 20.8 Å². The van der Waals surface area contributed by atoms with Gasteiger partial charge in [-0.25, -0.2) is 0 Å². The van der Waals surface area contributed by atoms with E-state index in [-0.39, 0.29) is 11.6 Å². The molecule has 1 N–H and O–H groups in total. The normalized spacial score (nSPS) is 10.8. The molecule has 0 aliphatic carbocycles. The molecule has 3 aromatic rings. The second kappa shape index (κ2) is 6.31. The van der Waals surface area contributed by atoms with Crippen molar-refractivity contribution in [3.8, 4) is 11.3 Å². The van der Waals surface area contributed by atoms with E-state index < -0.39 is 0 Å². The molecule has 2 aromatic heterocycles. The van der Waals surface area contributed by atoms with Crippen molar-refractivity contribution in [3.05, 3.63) is 58.5 Å². The molecule has 0 saturated carbocycles. The second-order valence-electron chi connectivity index (χ2n) is 5.90. The average molecular weight is 324 g/mol. The second-order valence-corrected chi connectivity index (χ2v) is 5.90. The van der Waals surface area contributed by atoms with Gasteiger partial charge in [-0.2, -0.15) is 5.10 Å². The van der Waals surface area contributed by atoms with E-state index in [2.05, 4.69) is 15.6 Å². The minimum Gasteiger partial charge on any atom is -0.355 e. The van der Waals surface area contributed by atoms with E-state index in [4.69, 9.17) is 4.52 Å². The number of rotatable bonds is 4. The van der Waals surface area contributed by atoms with Crippen LogP contribution in [0.5, 0.6) is 0 Å². The Bertz CT molecular complexity index is 875. The summed E-state index contributed by atoms with van der Waals surface area (Å²) in [7, 11) is 1.89. The first-order chi connectivity index (χ1) is 11.5. The van der Waals surface area contributed by atoms with Gasteiger partial charge in [-0.1, -0.05) is 35.0 Å². The number of aromatic nitrogens is 3. The van der Waals surface area contributed by atoms with Crippen molar-refractivity contribution in [2.75, 3.05) is 0 Å². The third-order valence-corrected chi connectivity index (χ3v) is 4.16. The number of nitrogens with zero attached hydrogens (tertiary/aromatic N) is 3. The summed E-state index contributed by atoms with van der Waals surface area (Å²) >= 11 is 0. The van der Waals surface area contributed by atoms with Crippen molar-refractivity contribution in [3.63, 3.8) is 0 Å². The van der Waals surface area contributed by atoms with E-state index in [1.807, 2.05) is 56.8 Å². The minimum atomic E-state index is -0.264. The Labute approximate surface area is 140 Å². The Kier molecular flexibility index (Phi) is 4.20. The summed E-state index contributed by atoms with van der Waals surface area (Å²) in [5.41, 5.74) is 5.30. The molecule has 24 heavy (non-hydrogen) atoms. The Balaban J connectivity index is 1.71. The van der Waals surface area contributed by atoms with Crippen molar-refractivity contribution in [1.82, 2.24) is 20.3 Å². The molecule has 0 spiro atoms. The maximum absolute atomic E-state index is 12.3. The fourth-order valence-electron chi connectivity index (χ4n) is 2.57. The minimum absolute atomic E-state index is 0.264. The van der Waals surface area contributed by atoms with Crippen LogP contribution in [0.4, 0.5) is 0 Å². The van der Waals surface area contributed by atoms with Crippen LogP contribution in [0.1, 0.15) is 33.0 Å². The Morgan fingerprint density at radius 3 is 2.54 bits per heavy atom. The van der Waals surface area contributed by atoms with E-state index in [9.17, 15) is 4.79 Å². The summed E-state index contributed by atoms with van der Waals surface area (Å²) in [6.45, 7) is 6.34. The molecule has 6 heteroatoms. The van der Waals surface area contributed by atoms with Gasteiger partial charge in [0.2, 0.25) is 0 Å². The number of aryl methyl sites for hydroxylation is 3. The van der Waals surface area contributed by atoms with Gasteiger partial charge in [0.1, 0.15) is 0 Å². The van der Waals surface area contributed by atoms with Crippen molar-refractivity contribution >= 4 is 5.91 Å². The van der Waals surface area contributed by atoms with Gasteiger partial charge in [0.15, 0.2) is 11.5 Å². The highest BCUT2D eigenvalue weighted by Gasteiger charge is 2.15. The molecular formula is C18H20N4O2. The van der Waals surface area contributed by atoms with Crippen LogP contribution in [-0.2, 0) is 13.6 Å². The number of amides is 1. The van der Waals surface area contributed by atoms with Crippen molar-refractivity contribution < 1.29 is 9.32 Å². The van der Waals surface area contributed by atoms with Crippen LogP contribution in [0.2, 0.25) is 0 Å². The van der Waals surface area contributed by atoms with Gasteiger partial charge in [0, 0.05) is 36.5 Å². The van der Waals surface area contributed by atoms with E-state index in [1.165, 1.54) is 5.56 Å². The zero-order valence-corrected chi connectivity index (χ0v) is 14.3. The lowest BCUT2D eigenvalue weighted by Crippen LogP contribution is -2.23. The first kappa shape index (κ1) is 16.0. The molecule has 1 aromatic carbocycles. The molecule has 2 heterocycles. The van der Waals surface area contributed by atoms with Crippen LogP contribution < -0.4 is 5.32 Å². The standard InChI is InChI=1S/C18H20N4O2/c1-11-5-7-14(8-6-11)17-9-16(21-24-17)18(23)19-10-15-12(2)20-22(4)13(15)3/h5-9H,10H2,1-4H3,(H,19,23). The van der Waals surface area contributed by atoms with E-state index in [0.29, 0.717) is 12.3 Å².